The highest BCUT2D eigenvalue weighted by atomic mass is 35.5. The monoisotopic (exact) mass is 291 g/mol. The standard InChI is InChI=1S/C12H10ClN5S/c1-7-5-11-15-9(6-10(13)18(11)17-7)8-3-4-14-12(16-8)19-2/h3-6H,1-2H3. The molecule has 0 aliphatic carbocycles. The van der Waals surface area contributed by atoms with E-state index in [1.165, 1.54) is 11.8 Å². The molecule has 0 aromatic carbocycles. The predicted octanol–water partition coefficient (Wildman–Crippen LogP) is 2.87. The molecule has 96 valence electrons. The van der Waals surface area contributed by atoms with E-state index in [4.69, 9.17) is 11.6 Å². The van der Waals surface area contributed by atoms with Crippen LogP contribution in [0, 0.1) is 6.92 Å². The second kappa shape index (κ2) is 4.79. The minimum absolute atomic E-state index is 0.511. The highest BCUT2D eigenvalue weighted by molar-refractivity contribution is 7.98. The molecule has 3 aromatic rings. The molecule has 7 heteroatoms. The largest absolute Gasteiger partial charge is 0.231 e. The van der Waals surface area contributed by atoms with Gasteiger partial charge in [-0.2, -0.15) is 5.10 Å². The molecule has 0 bridgehead atoms. The van der Waals surface area contributed by atoms with Gasteiger partial charge in [0.1, 0.15) is 5.15 Å². The molecule has 0 atom stereocenters. The highest BCUT2D eigenvalue weighted by Crippen LogP contribution is 2.22. The Hall–Kier alpha value is -1.66. The van der Waals surface area contributed by atoms with E-state index in [1.54, 1.807) is 16.8 Å². The van der Waals surface area contributed by atoms with E-state index in [9.17, 15) is 0 Å². The number of aromatic nitrogens is 5. The lowest BCUT2D eigenvalue weighted by Gasteiger charge is -2.03. The Kier molecular flexibility index (Phi) is 3.12. The second-order valence-electron chi connectivity index (χ2n) is 3.95. The first kappa shape index (κ1) is 12.4. The number of fused-ring (bicyclic) bond motifs is 1. The Balaban J connectivity index is 2.18. The summed E-state index contributed by atoms with van der Waals surface area (Å²) in [6.07, 6.45) is 3.65. The summed E-state index contributed by atoms with van der Waals surface area (Å²) in [6, 6.07) is 5.46. The summed E-state index contributed by atoms with van der Waals surface area (Å²) in [4.78, 5) is 13.1. The van der Waals surface area contributed by atoms with Gasteiger partial charge in [0.25, 0.3) is 0 Å². The van der Waals surface area contributed by atoms with Crippen LogP contribution in [0.4, 0.5) is 0 Å². The molecule has 0 aliphatic rings. The van der Waals surface area contributed by atoms with Crippen molar-refractivity contribution in [3.8, 4) is 11.4 Å². The number of hydrogen-bond donors (Lipinski definition) is 0. The summed E-state index contributed by atoms with van der Waals surface area (Å²) in [6.45, 7) is 1.90. The van der Waals surface area contributed by atoms with Crippen LogP contribution >= 0.6 is 23.4 Å². The lowest BCUT2D eigenvalue weighted by molar-refractivity contribution is 0.914. The lowest BCUT2D eigenvalue weighted by atomic mass is 10.3. The first-order chi connectivity index (χ1) is 9.17. The molecular formula is C12H10ClN5S. The molecule has 0 spiro atoms. The van der Waals surface area contributed by atoms with Gasteiger partial charge < -0.3 is 0 Å². The van der Waals surface area contributed by atoms with Crippen molar-refractivity contribution in [2.24, 2.45) is 0 Å². The summed E-state index contributed by atoms with van der Waals surface area (Å²) in [7, 11) is 0. The van der Waals surface area contributed by atoms with Crippen LogP contribution < -0.4 is 0 Å². The van der Waals surface area contributed by atoms with Gasteiger partial charge in [0.15, 0.2) is 10.8 Å². The van der Waals surface area contributed by atoms with E-state index in [-0.39, 0.29) is 0 Å². The van der Waals surface area contributed by atoms with Crippen molar-refractivity contribution >= 4 is 29.0 Å². The van der Waals surface area contributed by atoms with Crippen LogP contribution in [0.3, 0.4) is 0 Å². The molecule has 0 aliphatic heterocycles. The SMILES string of the molecule is CSc1nccc(-c2cc(Cl)n3nc(C)cc3n2)n1. The molecule has 0 unspecified atom stereocenters. The van der Waals surface area contributed by atoms with Gasteiger partial charge in [0.2, 0.25) is 0 Å². The lowest BCUT2D eigenvalue weighted by Crippen LogP contribution is -1.96. The Morgan fingerprint density at radius 3 is 2.84 bits per heavy atom. The van der Waals surface area contributed by atoms with Crippen LogP contribution in [0.15, 0.2) is 29.6 Å². The van der Waals surface area contributed by atoms with E-state index in [0.717, 1.165) is 17.1 Å². The molecule has 0 radical (unpaired) electrons. The summed E-state index contributed by atoms with van der Waals surface area (Å²) < 4.78 is 1.61. The smallest absolute Gasteiger partial charge is 0.187 e. The Labute approximate surface area is 119 Å². The first-order valence-corrected chi connectivity index (χ1v) is 7.18. The number of thioether (sulfide) groups is 1. The highest BCUT2D eigenvalue weighted by Gasteiger charge is 2.09. The van der Waals surface area contributed by atoms with E-state index in [0.29, 0.717) is 16.0 Å². The number of hydrogen-bond acceptors (Lipinski definition) is 5. The van der Waals surface area contributed by atoms with E-state index >= 15 is 0 Å². The minimum atomic E-state index is 0.511. The molecule has 0 saturated carbocycles. The van der Waals surface area contributed by atoms with Crippen molar-refractivity contribution in [2.45, 2.75) is 12.1 Å². The second-order valence-corrected chi connectivity index (χ2v) is 5.11. The van der Waals surface area contributed by atoms with Crippen molar-refractivity contribution in [1.82, 2.24) is 24.6 Å². The summed E-state index contributed by atoms with van der Waals surface area (Å²) >= 11 is 7.70. The van der Waals surface area contributed by atoms with Gasteiger partial charge >= 0.3 is 0 Å². The maximum atomic E-state index is 6.21. The van der Waals surface area contributed by atoms with Crippen molar-refractivity contribution in [3.05, 3.63) is 35.2 Å². The molecule has 3 aromatic heterocycles. The van der Waals surface area contributed by atoms with E-state index in [2.05, 4.69) is 20.1 Å². The molecule has 0 saturated heterocycles. The molecule has 0 fully saturated rings. The molecular weight excluding hydrogens is 282 g/mol. The molecule has 0 amide bonds. The van der Waals surface area contributed by atoms with Crippen LogP contribution in [-0.2, 0) is 0 Å². The van der Waals surface area contributed by atoms with E-state index < -0.39 is 0 Å². The van der Waals surface area contributed by atoms with Gasteiger partial charge in [0.05, 0.1) is 17.1 Å². The number of aryl methyl sites for hydroxylation is 1. The third-order valence-electron chi connectivity index (χ3n) is 2.58. The van der Waals surface area contributed by atoms with Gasteiger partial charge in [-0.1, -0.05) is 23.4 Å². The Morgan fingerprint density at radius 1 is 1.21 bits per heavy atom. The zero-order valence-corrected chi connectivity index (χ0v) is 11.9. The zero-order valence-electron chi connectivity index (χ0n) is 10.3. The van der Waals surface area contributed by atoms with Gasteiger partial charge in [-0.15, -0.1) is 0 Å². The summed E-state index contributed by atoms with van der Waals surface area (Å²) in [5.41, 5.74) is 3.06. The Morgan fingerprint density at radius 2 is 2.05 bits per heavy atom. The number of rotatable bonds is 2. The maximum Gasteiger partial charge on any atom is 0.187 e. The normalized spacial score (nSPS) is 11.1. The van der Waals surface area contributed by atoms with Crippen molar-refractivity contribution in [1.29, 1.82) is 0 Å². The molecule has 3 rings (SSSR count). The maximum absolute atomic E-state index is 6.21. The Bertz CT molecular complexity index is 755. The van der Waals surface area contributed by atoms with Crippen molar-refractivity contribution < 1.29 is 0 Å². The van der Waals surface area contributed by atoms with E-state index in [1.807, 2.05) is 25.3 Å². The van der Waals surface area contributed by atoms with Gasteiger partial charge in [-0.3, -0.25) is 0 Å². The molecule has 0 N–H and O–H groups in total. The predicted molar refractivity (Wildman–Crippen MR) is 75.5 cm³/mol. The quantitative estimate of drug-likeness (QED) is 0.413. The van der Waals surface area contributed by atoms with Gasteiger partial charge in [-0.25, -0.2) is 19.5 Å². The molecule has 5 nitrogen and oxygen atoms in total. The molecule has 3 heterocycles. The third kappa shape index (κ3) is 2.29. The van der Waals surface area contributed by atoms with Crippen LogP contribution in [0.25, 0.3) is 17.0 Å². The van der Waals surface area contributed by atoms with Crippen LogP contribution in [0.1, 0.15) is 5.69 Å². The van der Waals surface area contributed by atoms with Crippen LogP contribution in [0.5, 0.6) is 0 Å². The minimum Gasteiger partial charge on any atom is -0.231 e. The van der Waals surface area contributed by atoms with Crippen molar-refractivity contribution in [3.63, 3.8) is 0 Å². The average molecular weight is 292 g/mol. The van der Waals surface area contributed by atoms with Crippen LogP contribution in [-0.4, -0.2) is 30.8 Å². The average Bonchev–Trinajstić information content (AvgIpc) is 2.80. The van der Waals surface area contributed by atoms with Crippen LogP contribution in [0.2, 0.25) is 5.15 Å². The van der Waals surface area contributed by atoms with Gasteiger partial charge in [-0.05, 0) is 19.2 Å². The fourth-order valence-corrected chi connectivity index (χ4v) is 2.35. The van der Waals surface area contributed by atoms with Gasteiger partial charge in [0, 0.05) is 18.3 Å². The zero-order chi connectivity index (χ0) is 13.4. The fraction of sp³-hybridized carbons (Fsp3) is 0.167. The summed E-state index contributed by atoms with van der Waals surface area (Å²) in [5, 5.41) is 5.49. The first-order valence-electron chi connectivity index (χ1n) is 5.58. The topological polar surface area (TPSA) is 56.0 Å². The number of halogens is 1. The third-order valence-corrected chi connectivity index (χ3v) is 3.42. The van der Waals surface area contributed by atoms with Crippen molar-refractivity contribution in [2.75, 3.05) is 6.26 Å². The number of nitrogens with zero attached hydrogens (tertiary/aromatic N) is 5. The molecule has 19 heavy (non-hydrogen) atoms. The summed E-state index contributed by atoms with van der Waals surface area (Å²) in [5.74, 6) is 0. The fourth-order valence-electron chi connectivity index (χ4n) is 1.77.